The summed E-state index contributed by atoms with van der Waals surface area (Å²) in [7, 11) is 0. The van der Waals surface area contributed by atoms with E-state index in [4.69, 9.17) is 0 Å². The van der Waals surface area contributed by atoms with Gasteiger partial charge in [-0.05, 0) is 13.0 Å². The van der Waals surface area contributed by atoms with Crippen molar-refractivity contribution in [2.75, 3.05) is 0 Å². The quantitative estimate of drug-likeness (QED) is 0.551. The summed E-state index contributed by atoms with van der Waals surface area (Å²) in [5.41, 5.74) is -4.42. The Bertz CT molecular complexity index is 333. The van der Waals surface area contributed by atoms with Gasteiger partial charge in [0, 0.05) is 5.92 Å². The normalized spacial score (nSPS) is 33.1. The fraction of sp³-hybridized carbons (Fsp3) is 0.556. The van der Waals surface area contributed by atoms with Gasteiger partial charge in [-0.1, -0.05) is 6.92 Å². The Hall–Kier alpha value is -0.940. The molecule has 0 spiro atoms. The summed E-state index contributed by atoms with van der Waals surface area (Å²) < 4.78 is 75.8. The number of rotatable bonds is 0. The van der Waals surface area contributed by atoms with Gasteiger partial charge in [0.05, 0.1) is 5.57 Å². The van der Waals surface area contributed by atoms with Gasteiger partial charge in [-0.3, -0.25) is 0 Å². The number of halogens is 6. The Kier molecular flexibility index (Phi) is 2.65. The Labute approximate surface area is 82.3 Å². The summed E-state index contributed by atoms with van der Waals surface area (Å²) in [6.07, 6.45) is -5.01. The van der Waals surface area contributed by atoms with Crippen molar-refractivity contribution in [1.29, 1.82) is 0 Å². The van der Waals surface area contributed by atoms with Gasteiger partial charge in [-0.15, -0.1) is 0 Å². The van der Waals surface area contributed by atoms with Crippen molar-refractivity contribution in [2.24, 2.45) is 5.92 Å². The summed E-state index contributed by atoms with van der Waals surface area (Å²) in [4.78, 5) is 0. The van der Waals surface area contributed by atoms with Gasteiger partial charge in [-0.2, -0.15) is 13.2 Å². The maximum atomic E-state index is 13.5. The Morgan fingerprint density at radius 1 is 1.27 bits per heavy atom. The second-order valence-electron chi connectivity index (χ2n) is 3.59. The van der Waals surface area contributed by atoms with Gasteiger partial charge in [-0.25, -0.2) is 13.2 Å². The average molecular weight is 230 g/mol. The van der Waals surface area contributed by atoms with Crippen LogP contribution in [0.15, 0.2) is 23.3 Å². The highest BCUT2D eigenvalue weighted by Crippen LogP contribution is 2.45. The van der Waals surface area contributed by atoms with E-state index in [-0.39, 0.29) is 6.08 Å². The van der Waals surface area contributed by atoms with Crippen LogP contribution in [0.2, 0.25) is 0 Å². The van der Waals surface area contributed by atoms with Crippen molar-refractivity contribution in [3.63, 3.8) is 0 Å². The molecule has 86 valence electrons. The van der Waals surface area contributed by atoms with E-state index in [2.05, 4.69) is 0 Å². The van der Waals surface area contributed by atoms with Crippen molar-refractivity contribution in [1.82, 2.24) is 0 Å². The SMILES string of the molecule is CC1C(F)=C(F)C(C(F)(F)F)=CC1(C)F. The van der Waals surface area contributed by atoms with Crippen LogP contribution in [-0.4, -0.2) is 11.8 Å². The van der Waals surface area contributed by atoms with Crippen LogP contribution in [0.5, 0.6) is 0 Å². The molecule has 0 radical (unpaired) electrons. The average Bonchev–Trinajstić information content (AvgIpc) is 2.07. The smallest absolute Gasteiger partial charge is 0.239 e. The Morgan fingerprint density at radius 2 is 1.73 bits per heavy atom. The maximum absolute atomic E-state index is 13.5. The molecule has 0 fully saturated rings. The monoisotopic (exact) mass is 230 g/mol. The molecule has 2 unspecified atom stereocenters. The number of hydrogen-bond donors (Lipinski definition) is 0. The first kappa shape index (κ1) is 12.1. The zero-order chi connectivity index (χ0) is 12.0. The van der Waals surface area contributed by atoms with Crippen molar-refractivity contribution in [3.8, 4) is 0 Å². The van der Waals surface area contributed by atoms with E-state index < -0.39 is 35.0 Å². The molecule has 0 aliphatic heterocycles. The lowest BCUT2D eigenvalue weighted by Gasteiger charge is -2.29. The number of hydrogen-bond acceptors (Lipinski definition) is 0. The summed E-state index contributed by atoms with van der Waals surface area (Å²) >= 11 is 0. The lowest BCUT2D eigenvalue weighted by molar-refractivity contribution is -0.0938. The summed E-state index contributed by atoms with van der Waals surface area (Å²) in [5, 5.41) is 0. The van der Waals surface area contributed by atoms with Gasteiger partial charge in [0.2, 0.25) is 0 Å². The first-order valence-electron chi connectivity index (χ1n) is 4.12. The molecule has 0 saturated carbocycles. The van der Waals surface area contributed by atoms with Crippen LogP contribution >= 0.6 is 0 Å². The van der Waals surface area contributed by atoms with Crippen LogP contribution in [0, 0.1) is 5.92 Å². The van der Waals surface area contributed by atoms with Crippen LogP contribution in [0.1, 0.15) is 13.8 Å². The largest absolute Gasteiger partial charge is 0.419 e. The minimum absolute atomic E-state index is 0.0794. The zero-order valence-corrected chi connectivity index (χ0v) is 7.92. The summed E-state index contributed by atoms with van der Waals surface area (Å²) in [6.45, 7) is 1.76. The maximum Gasteiger partial charge on any atom is 0.419 e. The highest BCUT2D eigenvalue weighted by molar-refractivity contribution is 5.40. The van der Waals surface area contributed by atoms with Crippen molar-refractivity contribution < 1.29 is 26.3 Å². The fourth-order valence-corrected chi connectivity index (χ4v) is 1.24. The van der Waals surface area contributed by atoms with Gasteiger partial charge in [0.15, 0.2) is 5.83 Å². The van der Waals surface area contributed by atoms with Gasteiger partial charge in [0.25, 0.3) is 0 Å². The second kappa shape index (κ2) is 3.28. The minimum atomic E-state index is -5.09. The molecule has 1 aliphatic carbocycles. The van der Waals surface area contributed by atoms with E-state index in [1.165, 1.54) is 0 Å². The summed E-state index contributed by atoms with van der Waals surface area (Å²) in [6, 6.07) is 0. The van der Waals surface area contributed by atoms with Crippen molar-refractivity contribution >= 4 is 0 Å². The molecule has 0 aromatic heterocycles. The lowest BCUT2D eigenvalue weighted by Crippen LogP contribution is -2.32. The third-order valence-corrected chi connectivity index (χ3v) is 2.40. The second-order valence-corrected chi connectivity index (χ2v) is 3.59. The van der Waals surface area contributed by atoms with Crippen LogP contribution in [-0.2, 0) is 0 Å². The molecule has 0 bridgehead atoms. The van der Waals surface area contributed by atoms with E-state index >= 15 is 0 Å². The van der Waals surface area contributed by atoms with Crippen molar-refractivity contribution in [2.45, 2.75) is 25.7 Å². The zero-order valence-electron chi connectivity index (χ0n) is 7.92. The molecule has 6 heteroatoms. The molecule has 1 aliphatic rings. The molecular formula is C9H8F6. The number of allylic oxidation sites excluding steroid dienone is 4. The molecule has 15 heavy (non-hydrogen) atoms. The van der Waals surface area contributed by atoms with Crippen LogP contribution in [0.4, 0.5) is 26.3 Å². The molecule has 0 N–H and O–H groups in total. The molecule has 0 saturated heterocycles. The molecule has 0 aromatic carbocycles. The minimum Gasteiger partial charge on any atom is -0.239 e. The highest BCUT2D eigenvalue weighted by Gasteiger charge is 2.47. The highest BCUT2D eigenvalue weighted by atomic mass is 19.4. The van der Waals surface area contributed by atoms with Crippen LogP contribution in [0.25, 0.3) is 0 Å². The van der Waals surface area contributed by atoms with E-state index in [1.807, 2.05) is 0 Å². The van der Waals surface area contributed by atoms with E-state index in [9.17, 15) is 26.3 Å². The summed E-state index contributed by atoms with van der Waals surface area (Å²) in [5.74, 6) is -5.27. The molecule has 1 rings (SSSR count). The third-order valence-electron chi connectivity index (χ3n) is 2.40. The molecular weight excluding hydrogens is 222 g/mol. The van der Waals surface area contributed by atoms with E-state index in [0.29, 0.717) is 0 Å². The molecule has 0 heterocycles. The molecule has 0 aromatic rings. The topological polar surface area (TPSA) is 0 Å². The van der Waals surface area contributed by atoms with Gasteiger partial charge in [0.1, 0.15) is 11.5 Å². The first-order valence-corrected chi connectivity index (χ1v) is 4.12. The van der Waals surface area contributed by atoms with Crippen LogP contribution in [0.3, 0.4) is 0 Å². The standard InChI is InChI=1S/C9H8F6/c1-4-6(10)7(11)5(9(13,14)15)3-8(4,2)12/h3-4H,1-2H3. The van der Waals surface area contributed by atoms with E-state index in [1.54, 1.807) is 0 Å². The fourth-order valence-electron chi connectivity index (χ4n) is 1.24. The molecule has 0 amide bonds. The first-order chi connectivity index (χ1) is 6.57. The molecule has 0 nitrogen and oxygen atoms in total. The predicted octanol–water partition coefficient (Wildman–Crippen LogP) is 4.00. The number of alkyl halides is 4. The van der Waals surface area contributed by atoms with Crippen molar-refractivity contribution in [3.05, 3.63) is 23.3 Å². The Morgan fingerprint density at radius 3 is 2.13 bits per heavy atom. The third kappa shape index (κ3) is 2.03. The molecule has 2 atom stereocenters. The van der Waals surface area contributed by atoms with Gasteiger partial charge >= 0.3 is 6.18 Å². The Balaban J connectivity index is 3.30. The van der Waals surface area contributed by atoms with Crippen LogP contribution < -0.4 is 0 Å². The lowest BCUT2D eigenvalue weighted by atomic mass is 9.84. The van der Waals surface area contributed by atoms with Gasteiger partial charge < -0.3 is 0 Å². The predicted molar refractivity (Wildman–Crippen MR) is 42.1 cm³/mol. The van der Waals surface area contributed by atoms with E-state index in [0.717, 1.165) is 13.8 Å².